The van der Waals surface area contributed by atoms with Crippen molar-refractivity contribution in [2.24, 2.45) is 0 Å². The Hall–Kier alpha value is -3.58. The number of carbonyl (C=O) groups is 1. The molecular formula is C22H15F2N3OS. The lowest BCUT2D eigenvalue weighted by Crippen LogP contribution is -2.19. The molecule has 0 fully saturated rings. The van der Waals surface area contributed by atoms with Crippen LogP contribution < -0.4 is 10.6 Å². The van der Waals surface area contributed by atoms with Gasteiger partial charge in [-0.25, -0.2) is 18.6 Å². The first-order valence-corrected chi connectivity index (χ1v) is 9.60. The van der Waals surface area contributed by atoms with Crippen LogP contribution in [0.4, 0.5) is 25.0 Å². The van der Waals surface area contributed by atoms with Gasteiger partial charge in [0.15, 0.2) is 0 Å². The van der Waals surface area contributed by atoms with Gasteiger partial charge in [0.25, 0.3) is 0 Å². The number of thiazole rings is 1. The van der Waals surface area contributed by atoms with Gasteiger partial charge < -0.3 is 10.6 Å². The average Bonchev–Trinajstić information content (AvgIpc) is 3.18. The third-order valence-electron chi connectivity index (χ3n) is 4.06. The first-order valence-electron chi connectivity index (χ1n) is 8.72. The smallest absolute Gasteiger partial charge is 0.308 e. The summed E-state index contributed by atoms with van der Waals surface area (Å²) in [7, 11) is 0. The highest BCUT2D eigenvalue weighted by molar-refractivity contribution is 7.13. The van der Waals surface area contributed by atoms with Crippen molar-refractivity contribution in [2.45, 2.75) is 0 Å². The van der Waals surface area contributed by atoms with Crippen LogP contribution in [0.1, 0.15) is 0 Å². The van der Waals surface area contributed by atoms with Gasteiger partial charge in [0.1, 0.15) is 16.6 Å². The van der Waals surface area contributed by atoms with Gasteiger partial charge in [0.2, 0.25) is 0 Å². The predicted molar refractivity (Wildman–Crippen MR) is 112 cm³/mol. The zero-order valence-electron chi connectivity index (χ0n) is 15.0. The summed E-state index contributed by atoms with van der Waals surface area (Å²) in [6.45, 7) is 0. The van der Waals surface area contributed by atoms with E-state index in [1.165, 1.54) is 11.3 Å². The Labute approximate surface area is 169 Å². The molecule has 0 saturated carbocycles. The van der Waals surface area contributed by atoms with Crippen LogP contribution in [0.3, 0.4) is 0 Å². The number of hydrogen-bond donors (Lipinski definition) is 2. The van der Waals surface area contributed by atoms with Crippen molar-refractivity contribution in [2.75, 3.05) is 10.6 Å². The van der Waals surface area contributed by atoms with Gasteiger partial charge in [-0.15, -0.1) is 11.3 Å². The standard InChI is InChI=1S/C22H15F2N3OS/c23-16-10-17(24)12-19(11-16)26-22(28)25-18-8-4-7-15(9-18)20-13-29-21(27-20)14-5-2-1-3-6-14/h1-13H,(H2,25,26,28). The predicted octanol–water partition coefficient (Wildman–Crippen LogP) is 6.40. The molecule has 0 atom stereocenters. The molecule has 4 nitrogen and oxygen atoms in total. The van der Waals surface area contributed by atoms with Crippen LogP contribution in [0.2, 0.25) is 0 Å². The van der Waals surface area contributed by atoms with Crippen LogP contribution in [-0.4, -0.2) is 11.0 Å². The Morgan fingerprint density at radius 3 is 2.24 bits per heavy atom. The Balaban J connectivity index is 1.49. The lowest BCUT2D eigenvalue weighted by Gasteiger charge is -2.09. The number of anilines is 2. The van der Waals surface area contributed by atoms with E-state index in [1.807, 2.05) is 41.8 Å². The molecule has 7 heteroatoms. The fraction of sp³-hybridized carbons (Fsp3) is 0. The number of hydrogen-bond acceptors (Lipinski definition) is 3. The maximum atomic E-state index is 13.3. The summed E-state index contributed by atoms with van der Waals surface area (Å²) in [4.78, 5) is 16.8. The molecule has 144 valence electrons. The van der Waals surface area contributed by atoms with Crippen LogP contribution in [0.15, 0.2) is 78.2 Å². The number of carbonyl (C=O) groups excluding carboxylic acids is 1. The molecule has 0 bridgehead atoms. The van der Waals surface area contributed by atoms with E-state index in [-0.39, 0.29) is 5.69 Å². The highest BCUT2D eigenvalue weighted by atomic mass is 32.1. The first-order chi connectivity index (χ1) is 14.1. The molecule has 4 aromatic rings. The van der Waals surface area contributed by atoms with Gasteiger partial charge in [-0.05, 0) is 24.3 Å². The van der Waals surface area contributed by atoms with Crippen molar-refractivity contribution in [1.29, 1.82) is 0 Å². The molecule has 0 saturated heterocycles. The molecule has 0 aliphatic carbocycles. The summed E-state index contributed by atoms with van der Waals surface area (Å²) >= 11 is 1.54. The van der Waals surface area contributed by atoms with Gasteiger partial charge in [-0.2, -0.15) is 0 Å². The number of nitrogens with zero attached hydrogens (tertiary/aromatic N) is 1. The number of urea groups is 1. The molecule has 2 amide bonds. The summed E-state index contributed by atoms with van der Waals surface area (Å²) in [5.41, 5.74) is 3.25. The van der Waals surface area contributed by atoms with Crippen molar-refractivity contribution >= 4 is 28.7 Å². The van der Waals surface area contributed by atoms with Crippen LogP contribution in [-0.2, 0) is 0 Å². The van der Waals surface area contributed by atoms with Gasteiger partial charge in [-0.1, -0.05) is 42.5 Å². The number of halogens is 2. The third-order valence-corrected chi connectivity index (χ3v) is 4.95. The molecule has 0 radical (unpaired) electrons. The second-order valence-corrected chi connectivity index (χ2v) is 7.08. The van der Waals surface area contributed by atoms with Crippen molar-refractivity contribution in [3.05, 3.63) is 89.8 Å². The number of aromatic nitrogens is 1. The van der Waals surface area contributed by atoms with E-state index in [2.05, 4.69) is 15.6 Å². The minimum absolute atomic E-state index is 0.0307. The SMILES string of the molecule is O=C(Nc1cc(F)cc(F)c1)Nc1cccc(-c2csc(-c3ccccc3)n2)c1. The lowest BCUT2D eigenvalue weighted by atomic mass is 10.1. The Morgan fingerprint density at radius 2 is 1.48 bits per heavy atom. The van der Waals surface area contributed by atoms with Crippen LogP contribution in [0.25, 0.3) is 21.8 Å². The Bertz CT molecular complexity index is 1140. The van der Waals surface area contributed by atoms with Crippen LogP contribution in [0, 0.1) is 11.6 Å². The molecule has 1 heterocycles. The summed E-state index contributed by atoms with van der Waals surface area (Å²) in [6, 6.07) is 19.3. The number of amides is 2. The average molecular weight is 407 g/mol. The monoisotopic (exact) mass is 407 g/mol. The second kappa shape index (κ2) is 8.20. The molecule has 3 aromatic carbocycles. The summed E-state index contributed by atoms with van der Waals surface area (Å²) in [5, 5.41) is 7.93. The fourth-order valence-electron chi connectivity index (χ4n) is 2.80. The molecule has 0 unspecified atom stereocenters. The molecule has 2 N–H and O–H groups in total. The molecule has 0 spiro atoms. The largest absolute Gasteiger partial charge is 0.323 e. The van der Waals surface area contributed by atoms with Crippen molar-refractivity contribution < 1.29 is 13.6 Å². The second-order valence-electron chi connectivity index (χ2n) is 6.22. The Kier molecular flexibility index (Phi) is 5.31. The normalized spacial score (nSPS) is 10.6. The van der Waals surface area contributed by atoms with E-state index < -0.39 is 17.7 Å². The molecule has 1 aromatic heterocycles. The molecule has 4 rings (SSSR count). The first kappa shape index (κ1) is 18.8. The summed E-state index contributed by atoms with van der Waals surface area (Å²) in [6.07, 6.45) is 0. The van der Waals surface area contributed by atoms with E-state index in [1.54, 1.807) is 18.2 Å². The third kappa shape index (κ3) is 4.64. The van der Waals surface area contributed by atoms with Crippen molar-refractivity contribution in [3.63, 3.8) is 0 Å². The highest BCUT2D eigenvalue weighted by Gasteiger charge is 2.09. The van der Waals surface area contributed by atoms with Gasteiger partial charge in [0.05, 0.1) is 5.69 Å². The molecule has 29 heavy (non-hydrogen) atoms. The van der Waals surface area contributed by atoms with Gasteiger partial charge in [0, 0.05) is 33.9 Å². The van der Waals surface area contributed by atoms with Crippen molar-refractivity contribution in [1.82, 2.24) is 4.98 Å². The highest BCUT2D eigenvalue weighted by Crippen LogP contribution is 2.29. The van der Waals surface area contributed by atoms with E-state index in [9.17, 15) is 13.6 Å². The maximum Gasteiger partial charge on any atom is 0.323 e. The van der Waals surface area contributed by atoms with E-state index in [0.717, 1.165) is 40.0 Å². The zero-order valence-corrected chi connectivity index (χ0v) is 15.8. The number of benzene rings is 3. The zero-order chi connectivity index (χ0) is 20.2. The fourth-order valence-corrected chi connectivity index (χ4v) is 3.63. The summed E-state index contributed by atoms with van der Waals surface area (Å²) in [5.74, 6) is -1.53. The van der Waals surface area contributed by atoms with Crippen LogP contribution in [0.5, 0.6) is 0 Å². The minimum Gasteiger partial charge on any atom is -0.308 e. The topological polar surface area (TPSA) is 54.0 Å². The van der Waals surface area contributed by atoms with E-state index in [4.69, 9.17) is 0 Å². The quantitative estimate of drug-likeness (QED) is 0.411. The molecule has 0 aliphatic heterocycles. The molecule has 0 aliphatic rings. The lowest BCUT2D eigenvalue weighted by molar-refractivity contribution is 0.262. The number of rotatable bonds is 4. The number of nitrogens with one attached hydrogen (secondary N) is 2. The summed E-state index contributed by atoms with van der Waals surface area (Å²) < 4.78 is 26.5. The van der Waals surface area contributed by atoms with E-state index in [0.29, 0.717) is 5.69 Å². The van der Waals surface area contributed by atoms with Crippen LogP contribution >= 0.6 is 11.3 Å². The minimum atomic E-state index is -0.764. The Morgan fingerprint density at radius 1 is 0.793 bits per heavy atom. The van der Waals surface area contributed by atoms with Gasteiger partial charge >= 0.3 is 6.03 Å². The molecular weight excluding hydrogens is 392 g/mol. The van der Waals surface area contributed by atoms with Crippen molar-refractivity contribution in [3.8, 4) is 21.8 Å². The maximum absolute atomic E-state index is 13.3. The van der Waals surface area contributed by atoms with Gasteiger partial charge in [-0.3, -0.25) is 0 Å². The van der Waals surface area contributed by atoms with E-state index >= 15 is 0 Å².